The van der Waals surface area contributed by atoms with Gasteiger partial charge < -0.3 is 5.32 Å². The van der Waals surface area contributed by atoms with E-state index in [0.29, 0.717) is 16.7 Å². The summed E-state index contributed by atoms with van der Waals surface area (Å²) in [7, 11) is -1.68. The largest absolute Gasteiger partial charge is 0.325 e. The van der Waals surface area contributed by atoms with Gasteiger partial charge in [0.25, 0.3) is 0 Å². The summed E-state index contributed by atoms with van der Waals surface area (Å²) in [6.07, 6.45) is 2.95. The molecule has 6 nitrogen and oxygen atoms in total. The van der Waals surface area contributed by atoms with Crippen LogP contribution in [0, 0.1) is 11.5 Å². The number of nitrogens with one attached hydrogen (secondary N) is 2. The van der Waals surface area contributed by atoms with E-state index in [1.54, 1.807) is 55.7 Å². The van der Waals surface area contributed by atoms with E-state index in [4.69, 9.17) is 16.9 Å². The van der Waals surface area contributed by atoms with Crippen molar-refractivity contribution in [1.82, 2.24) is 5.32 Å². The smallest absolute Gasteiger partial charge is 0.208 e. The Morgan fingerprint density at radius 2 is 1.88 bits per heavy atom. The molecule has 0 radical (unpaired) electrons. The van der Waals surface area contributed by atoms with E-state index >= 15 is 0 Å². The minimum absolute atomic E-state index is 0.257. The van der Waals surface area contributed by atoms with Gasteiger partial charge in [0, 0.05) is 24.6 Å². The third-order valence-corrected chi connectivity index (χ3v) is 4.66. The van der Waals surface area contributed by atoms with E-state index < -0.39 is 9.84 Å². The van der Waals surface area contributed by atoms with E-state index in [-0.39, 0.29) is 4.90 Å². The SMILES string of the molecule is CN=C(NC#N)Nc1ccc(-c2ccc(S(C)(=O)=O)cc2)c(Cl)c1. The first kappa shape index (κ1) is 17.8. The number of sulfone groups is 1. The number of aliphatic imine (C=N–C) groups is 1. The van der Waals surface area contributed by atoms with Crippen LogP contribution in [0.25, 0.3) is 11.1 Å². The zero-order valence-electron chi connectivity index (χ0n) is 13.0. The molecule has 8 heteroatoms. The number of nitrogens with zero attached hydrogens (tertiary/aromatic N) is 2. The fourth-order valence-corrected chi connectivity index (χ4v) is 2.96. The highest BCUT2D eigenvalue weighted by atomic mass is 35.5. The Labute approximate surface area is 145 Å². The van der Waals surface area contributed by atoms with Crippen molar-refractivity contribution in [2.24, 2.45) is 4.99 Å². The minimum Gasteiger partial charge on any atom is -0.325 e. The first-order valence-electron chi connectivity index (χ1n) is 6.84. The highest BCUT2D eigenvalue weighted by molar-refractivity contribution is 7.90. The van der Waals surface area contributed by atoms with Gasteiger partial charge >= 0.3 is 0 Å². The summed E-state index contributed by atoms with van der Waals surface area (Å²) in [5, 5.41) is 14.4. The van der Waals surface area contributed by atoms with Crippen LogP contribution in [0.15, 0.2) is 52.4 Å². The summed E-state index contributed by atoms with van der Waals surface area (Å²) in [5.41, 5.74) is 2.24. The molecular weight excluding hydrogens is 348 g/mol. The first-order chi connectivity index (χ1) is 11.3. The molecular formula is C16H15ClN4O2S. The first-order valence-corrected chi connectivity index (χ1v) is 9.11. The number of halogens is 1. The van der Waals surface area contributed by atoms with Crippen molar-refractivity contribution in [3.05, 3.63) is 47.5 Å². The topological polar surface area (TPSA) is 94.3 Å². The van der Waals surface area contributed by atoms with Crippen LogP contribution in [0.1, 0.15) is 0 Å². The van der Waals surface area contributed by atoms with Crippen molar-refractivity contribution in [1.29, 1.82) is 5.26 Å². The molecule has 24 heavy (non-hydrogen) atoms. The van der Waals surface area contributed by atoms with Crippen molar-refractivity contribution in [2.75, 3.05) is 18.6 Å². The van der Waals surface area contributed by atoms with Gasteiger partial charge in [0.15, 0.2) is 16.0 Å². The summed E-state index contributed by atoms with van der Waals surface area (Å²) in [5.74, 6) is 0.304. The average Bonchev–Trinajstić information content (AvgIpc) is 2.54. The molecule has 0 spiro atoms. The lowest BCUT2D eigenvalue weighted by Crippen LogP contribution is -2.26. The molecule has 2 aromatic rings. The lowest BCUT2D eigenvalue weighted by atomic mass is 10.1. The molecule has 0 heterocycles. The fraction of sp³-hybridized carbons (Fsp3) is 0.125. The highest BCUT2D eigenvalue weighted by Crippen LogP contribution is 2.31. The summed E-state index contributed by atoms with van der Waals surface area (Å²) >= 11 is 6.31. The van der Waals surface area contributed by atoms with Gasteiger partial charge in [0.1, 0.15) is 0 Å². The van der Waals surface area contributed by atoms with Gasteiger partial charge in [0.05, 0.1) is 9.92 Å². The summed E-state index contributed by atoms with van der Waals surface area (Å²) in [6, 6.07) is 11.8. The van der Waals surface area contributed by atoms with Gasteiger partial charge in [-0.15, -0.1) is 0 Å². The van der Waals surface area contributed by atoms with Crippen LogP contribution in [0.3, 0.4) is 0 Å². The molecule has 2 rings (SSSR count). The molecule has 0 bridgehead atoms. The highest BCUT2D eigenvalue weighted by Gasteiger charge is 2.09. The second-order valence-electron chi connectivity index (χ2n) is 4.93. The Morgan fingerprint density at radius 1 is 1.21 bits per heavy atom. The maximum Gasteiger partial charge on any atom is 0.208 e. The van der Waals surface area contributed by atoms with E-state index in [2.05, 4.69) is 15.6 Å². The Kier molecular flexibility index (Phi) is 5.44. The lowest BCUT2D eigenvalue weighted by Gasteiger charge is -2.10. The maximum atomic E-state index is 11.5. The average molecular weight is 363 g/mol. The number of nitriles is 1. The van der Waals surface area contributed by atoms with Crippen molar-refractivity contribution < 1.29 is 8.42 Å². The van der Waals surface area contributed by atoms with Gasteiger partial charge in [-0.1, -0.05) is 29.8 Å². The fourth-order valence-electron chi connectivity index (χ4n) is 2.04. The quantitative estimate of drug-likeness (QED) is 0.379. The Balaban J connectivity index is 2.29. The van der Waals surface area contributed by atoms with Crippen molar-refractivity contribution >= 4 is 33.1 Å². The van der Waals surface area contributed by atoms with Crippen LogP contribution in [-0.4, -0.2) is 27.7 Å². The van der Waals surface area contributed by atoms with Gasteiger partial charge in [-0.05, 0) is 29.8 Å². The molecule has 0 unspecified atom stereocenters. The Morgan fingerprint density at radius 3 is 2.38 bits per heavy atom. The van der Waals surface area contributed by atoms with E-state index in [9.17, 15) is 8.42 Å². The molecule has 0 aliphatic rings. The molecule has 0 aliphatic heterocycles. The number of guanidine groups is 1. The Hall–Kier alpha value is -2.56. The third kappa shape index (κ3) is 4.25. The Bertz CT molecular complexity index is 916. The molecule has 0 aliphatic carbocycles. The minimum atomic E-state index is -3.23. The van der Waals surface area contributed by atoms with Gasteiger partial charge in [0.2, 0.25) is 5.96 Å². The van der Waals surface area contributed by atoms with Gasteiger partial charge in [-0.25, -0.2) is 8.42 Å². The van der Waals surface area contributed by atoms with Crippen LogP contribution in [0.5, 0.6) is 0 Å². The predicted molar refractivity (Wildman–Crippen MR) is 95.7 cm³/mol. The number of rotatable bonds is 3. The predicted octanol–water partition coefficient (Wildman–Crippen LogP) is 2.88. The van der Waals surface area contributed by atoms with E-state index in [0.717, 1.165) is 17.4 Å². The maximum absolute atomic E-state index is 11.5. The molecule has 2 aromatic carbocycles. The van der Waals surface area contributed by atoms with Gasteiger partial charge in [-0.2, -0.15) is 5.26 Å². The molecule has 2 N–H and O–H groups in total. The standard InChI is InChI=1S/C16H15ClN4O2S/c1-19-16(20-10-18)21-12-5-8-14(15(17)9-12)11-3-6-13(7-4-11)24(2,22)23/h3-9H,1-2H3,(H2,19,20,21). The van der Waals surface area contributed by atoms with Crippen LogP contribution in [0.4, 0.5) is 5.69 Å². The van der Waals surface area contributed by atoms with Crippen LogP contribution in [-0.2, 0) is 9.84 Å². The molecule has 0 atom stereocenters. The van der Waals surface area contributed by atoms with Crippen LogP contribution < -0.4 is 10.6 Å². The number of hydrogen-bond acceptors (Lipinski definition) is 4. The molecule has 124 valence electrons. The summed E-state index contributed by atoms with van der Waals surface area (Å²) in [6.45, 7) is 0. The van der Waals surface area contributed by atoms with E-state index in [1.807, 2.05) is 0 Å². The van der Waals surface area contributed by atoms with Crippen LogP contribution in [0.2, 0.25) is 5.02 Å². The summed E-state index contributed by atoms with van der Waals surface area (Å²) in [4.78, 5) is 4.14. The molecule has 0 aromatic heterocycles. The van der Waals surface area contributed by atoms with Crippen molar-refractivity contribution in [2.45, 2.75) is 4.90 Å². The number of benzene rings is 2. The molecule has 0 saturated carbocycles. The van der Waals surface area contributed by atoms with E-state index in [1.165, 1.54) is 0 Å². The van der Waals surface area contributed by atoms with Crippen molar-refractivity contribution in [3.63, 3.8) is 0 Å². The molecule has 0 fully saturated rings. The normalized spacial score (nSPS) is 11.7. The number of hydrogen-bond donors (Lipinski definition) is 2. The monoisotopic (exact) mass is 362 g/mol. The molecule has 0 saturated heterocycles. The van der Waals surface area contributed by atoms with Crippen molar-refractivity contribution in [3.8, 4) is 17.3 Å². The number of anilines is 1. The zero-order valence-corrected chi connectivity index (χ0v) is 14.6. The zero-order chi connectivity index (χ0) is 17.7. The second-order valence-corrected chi connectivity index (χ2v) is 7.35. The lowest BCUT2D eigenvalue weighted by molar-refractivity contribution is 0.602. The van der Waals surface area contributed by atoms with Crippen LogP contribution >= 0.6 is 11.6 Å². The molecule has 0 amide bonds. The second kappa shape index (κ2) is 7.34. The third-order valence-electron chi connectivity index (χ3n) is 3.22. The van der Waals surface area contributed by atoms with Gasteiger partial charge in [-0.3, -0.25) is 10.3 Å². The summed E-state index contributed by atoms with van der Waals surface area (Å²) < 4.78 is 23.0.